The molecule has 0 radical (unpaired) electrons. The highest BCUT2D eigenvalue weighted by Gasteiger charge is 2.31. The molecule has 1 saturated carbocycles. The quantitative estimate of drug-likeness (QED) is 0.165. The summed E-state index contributed by atoms with van der Waals surface area (Å²) in [6.45, 7) is 0.425. The number of nitrogens with zero attached hydrogens (tertiary/aromatic N) is 1. The molecule has 5 rings (SSSR count). The Bertz CT molecular complexity index is 1710. The Morgan fingerprint density at radius 2 is 1.44 bits per heavy atom. The maximum Gasteiger partial charge on any atom is 0.243 e. The molecule has 1 aliphatic rings. The summed E-state index contributed by atoms with van der Waals surface area (Å²) in [5, 5.41) is 4.13. The number of hydrogen-bond donors (Lipinski definition) is 2. The summed E-state index contributed by atoms with van der Waals surface area (Å²) < 4.78 is 27.8. The van der Waals surface area contributed by atoms with Crippen molar-refractivity contribution in [3.05, 3.63) is 135 Å². The monoisotopic (exact) mass is 663 g/mol. The second-order valence-corrected chi connectivity index (χ2v) is 13.8. The third-order valence-corrected chi connectivity index (χ3v) is 9.87. The topological polar surface area (TPSA) is 95.6 Å². The van der Waals surface area contributed by atoms with Crippen molar-refractivity contribution in [3.63, 3.8) is 0 Å². The van der Waals surface area contributed by atoms with Crippen molar-refractivity contribution >= 4 is 45.0 Å². The molecule has 0 unspecified atom stereocenters. The van der Waals surface area contributed by atoms with Crippen molar-refractivity contribution < 1.29 is 18.0 Å². The molecular weight excluding hydrogens is 629 g/mol. The molecule has 0 spiro atoms. The summed E-state index contributed by atoms with van der Waals surface area (Å²) in [6, 6.07) is 29.9. The first kappa shape index (κ1) is 32.7. The van der Waals surface area contributed by atoms with Crippen LogP contribution in [0.4, 0.5) is 0 Å². The maximum atomic E-state index is 14.0. The minimum atomic E-state index is -3.56. The predicted octanol–water partition coefficient (Wildman–Crippen LogP) is 6.32. The van der Waals surface area contributed by atoms with Gasteiger partial charge < -0.3 is 10.2 Å². The Balaban J connectivity index is 1.37. The number of amides is 2. The fourth-order valence-corrected chi connectivity index (χ4v) is 6.63. The molecule has 2 amide bonds. The van der Waals surface area contributed by atoms with Crippen molar-refractivity contribution in [2.45, 2.75) is 62.2 Å². The van der Waals surface area contributed by atoms with Gasteiger partial charge in [0.05, 0.1) is 4.90 Å². The Morgan fingerprint density at radius 3 is 2.11 bits per heavy atom. The third-order valence-electron chi connectivity index (χ3n) is 7.71. The number of benzene rings is 4. The van der Waals surface area contributed by atoms with Gasteiger partial charge in [-0.15, -0.1) is 0 Å². The van der Waals surface area contributed by atoms with Crippen LogP contribution in [0, 0.1) is 0 Å². The number of aryl methyl sites for hydroxylation is 1. The van der Waals surface area contributed by atoms with E-state index in [-0.39, 0.29) is 42.3 Å². The summed E-state index contributed by atoms with van der Waals surface area (Å²) >= 11 is 12.5. The lowest BCUT2D eigenvalue weighted by atomic mass is 10.0. The molecule has 1 fully saturated rings. The number of halogens is 2. The van der Waals surface area contributed by atoms with E-state index in [1.54, 1.807) is 47.4 Å². The van der Waals surface area contributed by atoms with E-state index in [9.17, 15) is 18.0 Å². The van der Waals surface area contributed by atoms with E-state index < -0.39 is 16.1 Å². The number of hydrogen-bond acceptors (Lipinski definition) is 4. The van der Waals surface area contributed by atoms with Gasteiger partial charge in [-0.1, -0.05) is 96.0 Å². The highest BCUT2D eigenvalue weighted by molar-refractivity contribution is 7.89. The van der Waals surface area contributed by atoms with Crippen LogP contribution in [0.15, 0.2) is 108 Å². The van der Waals surface area contributed by atoms with E-state index in [1.165, 1.54) is 0 Å². The molecule has 45 heavy (non-hydrogen) atoms. The standard InChI is InChI=1S/C35H35Cl2N3O4S/c36-29-15-10-27(11-16-29)24-40(34(41)21-14-25-12-19-31(20-13-25)45(43,44)39-30-17-18-30)33(22-26-6-2-1-3-7-26)35(42)38-23-28-8-4-5-9-32(28)37/h1-13,15-16,19-20,30,33,39H,14,17-18,21-24H2,(H,38,42)/t33-/m1/s1. The first-order valence-corrected chi connectivity index (χ1v) is 17.1. The van der Waals surface area contributed by atoms with E-state index in [1.807, 2.05) is 60.7 Å². The van der Waals surface area contributed by atoms with E-state index in [0.29, 0.717) is 22.9 Å². The molecule has 234 valence electrons. The van der Waals surface area contributed by atoms with Crippen LogP contribution in [0.3, 0.4) is 0 Å². The first-order valence-electron chi connectivity index (χ1n) is 14.9. The SMILES string of the molecule is O=C(NCc1ccccc1Cl)[C@@H](Cc1ccccc1)N(Cc1ccc(Cl)cc1)C(=O)CCc1ccc(S(=O)(=O)NC2CC2)cc1. The van der Waals surface area contributed by atoms with Gasteiger partial charge in [0.1, 0.15) is 6.04 Å². The van der Waals surface area contributed by atoms with Crippen LogP contribution in [-0.4, -0.2) is 37.2 Å². The fourth-order valence-electron chi connectivity index (χ4n) is 5.00. The largest absolute Gasteiger partial charge is 0.350 e. The maximum absolute atomic E-state index is 14.0. The van der Waals surface area contributed by atoms with Crippen molar-refractivity contribution in [1.29, 1.82) is 0 Å². The van der Waals surface area contributed by atoms with Crippen LogP contribution in [0.2, 0.25) is 10.0 Å². The van der Waals surface area contributed by atoms with Gasteiger partial charge in [-0.2, -0.15) is 0 Å². The number of carbonyl (C=O) groups excluding carboxylic acids is 2. The van der Waals surface area contributed by atoms with E-state index in [4.69, 9.17) is 23.2 Å². The third kappa shape index (κ3) is 9.41. The van der Waals surface area contributed by atoms with Crippen LogP contribution in [0.1, 0.15) is 41.5 Å². The predicted molar refractivity (Wildman–Crippen MR) is 177 cm³/mol. The zero-order chi connectivity index (χ0) is 31.8. The lowest BCUT2D eigenvalue weighted by Crippen LogP contribution is -2.50. The molecule has 7 nitrogen and oxygen atoms in total. The van der Waals surface area contributed by atoms with Gasteiger partial charge in [0.25, 0.3) is 0 Å². The van der Waals surface area contributed by atoms with Crippen LogP contribution < -0.4 is 10.0 Å². The van der Waals surface area contributed by atoms with Crippen LogP contribution in [-0.2, 0) is 45.5 Å². The highest BCUT2D eigenvalue weighted by atomic mass is 35.5. The van der Waals surface area contributed by atoms with E-state index in [2.05, 4.69) is 10.0 Å². The number of carbonyl (C=O) groups is 2. The molecule has 1 aliphatic carbocycles. The van der Waals surface area contributed by atoms with Gasteiger partial charge in [-0.3, -0.25) is 9.59 Å². The molecule has 10 heteroatoms. The molecule has 4 aromatic rings. The van der Waals surface area contributed by atoms with Crippen LogP contribution in [0.5, 0.6) is 0 Å². The average Bonchev–Trinajstić information content (AvgIpc) is 3.86. The summed E-state index contributed by atoms with van der Waals surface area (Å²) in [5.41, 5.74) is 3.35. The number of rotatable bonds is 14. The molecule has 0 aromatic heterocycles. The van der Waals surface area contributed by atoms with Gasteiger partial charge in [-0.25, -0.2) is 13.1 Å². The van der Waals surface area contributed by atoms with Crippen LogP contribution in [0.25, 0.3) is 0 Å². The van der Waals surface area contributed by atoms with E-state index in [0.717, 1.165) is 35.1 Å². The van der Waals surface area contributed by atoms with Crippen molar-refractivity contribution in [1.82, 2.24) is 14.9 Å². The average molecular weight is 665 g/mol. The summed E-state index contributed by atoms with van der Waals surface area (Å²) in [6.07, 6.45) is 2.54. The van der Waals surface area contributed by atoms with E-state index >= 15 is 0 Å². The Morgan fingerprint density at radius 1 is 0.800 bits per heavy atom. The van der Waals surface area contributed by atoms with Crippen molar-refractivity contribution in [2.24, 2.45) is 0 Å². The Hall–Kier alpha value is -3.69. The van der Waals surface area contributed by atoms with Crippen molar-refractivity contribution in [3.8, 4) is 0 Å². The molecule has 0 bridgehead atoms. The molecule has 0 heterocycles. The molecule has 0 saturated heterocycles. The minimum Gasteiger partial charge on any atom is -0.350 e. The summed E-state index contributed by atoms with van der Waals surface area (Å²) in [5.74, 6) is -0.496. The zero-order valence-corrected chi connectivity index (χ0v) is 27.0. The normalized spacial score (nSPS) is 13.6. The number of sulfonamides is 1. The minimum absolute atomic E-state index is 0.0182. The van der Waals surface area contributed by atoms with Gasteiger partial charge in [0.2, 0.25) is 21.8 Å². The van der Waals surface area contributed by atoms with Crippen molar-refractivity contribution in [2.75, 3.05) is 0 Å². The smallest absolute Gasteiger partial charge is 0.243 e. The Kier molecular flexibility index (Phi) is 10.9. The zero-order valence-electron chi connectivity index (χ0n) is 24.7. The second kappa shape index (κ2) is 15.1. The van der Waals surface area contributed by atoms with Crippen LogP contribution >= 0.6 is 23.2 Å². The summed E-state index contributed by atoms with van der Waals surface area (Å²) in [4.78, 5) is 29.7. The van der Waals surface area contributed by atoms with Gasteiger partial charge >= 0.3 is 0 Å². The second-order valence-electron chi connectivity index (χ2n) is 11.2. The Labute approximate surface area is 274 Å². The molecule has 4 aromatic carbocycles. The molecular formula is C35H35Cl2N3O4S. The molecule has 0 aliphatic heterocycles. The molecule has 2 N–H and O–H groups in total. The van der Waals surface area contributed by atoms with Gasteiger partial charge in [0.15, 0.2) is 0 Å². The highest BCUT2D eigenvalue weighted by Crippen LogP contribution is 2.23. The van der Waals surface area contributed by atoms with Gasteiger partial charge in [0, 0.05) is 42.0 Å². The first-order chi connectivity index (χ1) is 21.7. The fraction of sp³-hybridized carbons (Fsp3) is 0.257. The van der Waals surface area contributed by atoms with Gasteiger partial charge in [-0.05, 0) is 71.8 Å². The lowest BCUT2D eigenvalue weighted by molar-refractivity contribution is -0.141. The molecule has 1 atom stereocenters. The number of nitrogens with one attached hydrogen (secondary N) is 2. The summed E-state index contributed by atoms with van der Waals surface area (Å²) in [7, 11) is -3.56. The lowest BCUT2D eigenvalue weighted by Gasteiger charge is -2.32.